The molecule has 26 heavy (non-hydrogen) atoms. The zero-order chi connectivity index (χ0) is 19.1. The van der Waals surface area contributed by atoms with Crippen molar-refractivity contribution in [2.75, 3.05) is 13.2 Å². The van der Waals surface area contributed by atoms with Crippen molar-refractivity contribution < 1.29 is 23.8 Å². The van der Waals surface area contributed by atoms with Gasteiger partial charge in [0.2, 0.25) is 0 Å². The van der Waals surface area contributed by atoms with E-state index >= 15 is 0 Å². The molecule has 0 bridgehead atoms. The Kier molecular flexibility index (Phi) is 7.21. The van der Waals surface area contributed by atoms with Crippen molar-refractivity contribution in [2.45, 2.75) is 20.8 Å². The standard InChI is InChI=1S/C20H21BrO5/c1-13(2)11-25-20(23)15-4-6-16(7-5-15)26-19(22)12-24-17-8-9-18(21)14(3)10-17/h4-10,13H,11-12H2,1-3H3. The Hall–Kier alpha value is -2.34. The first kappa shape index (κ1) is 20.0. The zero-order valence-corrected chi connectivity index (χ0v) is 16.5. The highest BCUT2D eigenvalue weighted by atomic mass is 79.9. The molecule has 0 saturated carbocycles. The Morgan fingerprint density at radius 1 is 1.04 bits per heavy atom. The van der Waals surface area contributed by atoms with Crippen LogP contribution in [0.1, 0.15) is 29.8 Å². The predicted octanol–water partition coefficient (Wildman–Crippen LogP) is 4.55. The van der Waals surface area contributed by atoms with Crippen molar-refractivity contribution in [3.05, 3.63) is 58.1 Å². The molecule has 0 N–H and O–H groups in total. The Morgan fingerprint density at radius 2 is 1.69 bits per heavy atom. The van der Waals surface area contributed by atoms with Gasteiger partial charge in [0, 0.05) is 4.47 Å². The van der Waals surface area contributed by atoms with Gasteiger partial charge in [0.15, 0.2) is 6.61 Å². The molecule has 0 atom stereocenters. The highest BCUT2D eigenvalue weighted by molar-refractivity contribution is 9.10. The summed E-state index contributed by atoms with van der Waals surface area (Å²) in [6.07, 6.45) is 0. The lowest BCUT2D eigenvalue weighted by atomic mass is 10.2. The van der Waals surface area contributed by atoms with Crippen LogP contribution in [0.2, 0.25) is 0 Å². The lowest BCUT2D eigenvalue weighted by Gasteiger charge is -2.09. The smallest absolute Gasteiger partial charge is 0.349 e. The zero-order valence-electron chi connectivity index (χ0n) is 15.0. The number of carbonyl (C=O) groups excluding carboxylic acids is 2. The van der Waals surface area contributed by atoms with E-state index in [2.05, 4.69) is 15.9 Å². The van der Waals surface area contributed by atoms with Crippen LogP contribution < -0.4 is 9.47 Å². The average Bonchev–Trinajstić information content (AvgIpc) is 2.61. The van der Waals surface area contributed by atoms with E-state index in [4.69, 9.17) is 14.2 Å². The van der Waals surface area contributed by atoms with E-state index in [-0.39, 0.29) is 12.5 Å². The number of hydrogen-bond donors (Lipinski definition) is 0. The molecule has 0 radical (unpaired) electrons. The van der Waals surface area contributed by atoms with Gasteiger partial charge < -0.3 is 14.2 Å². The fourth-order valence-electron chi connectivity index (χ4n) is 1.99. The highest BCUT2D eigenvalue weighted by Crippen LogP contribution is 2.21. The normalized spacial score (nSPS) is 10.5. The molecule has 0 amide bonds. The molecular formula is C20H21BrO5. The van der Waals surface area contributed by atoms with Crippen LogP contribution in [0.25, 0.3) is 0 Å². The van der Waals surface area contributed by atoms with Gasteiger partial charge in [0.1, 0.15) is 11.5 Å². The van der Waals surface area contributed by atoms with Crippen LogP contribution in [0.5, 0.6) is 11.5 Å². The molecule has 0 aliphatic heterocycles. The van der Waals surface area contributed by atoms with Gasteiger partial charge in [0.05, 0.1) is 12.2 Å². The fraction of sp³-hybridized carbons (Fsp3) is 0.300. The topological polar surface area (TPSA) is 61.8 Å². The molecule has 2 aromatic rings. The summed E-state index contributed by atoms with van der Waals surface area (Å²) in [7, 11) is 0. The van der Waals surface area contributed by atoms with Gasteiger partial charge in [-0.2, -0.15) is 0 Å². The molecule has 2 rings (SSSR count). The maximum Gasteiger partial charge on any atom is 0.349 e. The summed E-state index contributed by atoms with van der Waals surface area (Å²) in [4.78, 5) is 23.7. The van der Waals surface area contributed by atoms with E-state index in [1.807, 2.05) is 32.9 Å². The van der Waals surface area contributed by atoms with E-state index in [9.17, 15) is 9.59 Å². The largest absolute Gasteiger partial charge is 0.482 e. The third-order valence-corrected chi connectivity index (χ3v) is 4.25. The first-order valence-electron chi connectivity index (χ1n) is 8.22. The van der Waals surface area contributed by atoms with Crippen LogP contribution in [0.15, 0.2) is 46.9 Å². The third-order valence-electron chi connectivity index (χ3n) is 3.36. The first-order chi connectivity index (χ1) is 12.3. The average molecular weight is 421 g/mol. The molecule has 0 unspecified atom stereocenters. The summed E-state index contributed by atoms with van der Waals surface area (Å²) in [6.45, 7) is 6.02. The summed E-state index contributed by atoms with van der Waals surface area (Å²) >= 11 is 3.41. The number of benzene rings is 2. The minimum Gasteiger partial charge on any atom is -0.482 e. The van der Waals surface area contributed by atoms with Crippen molar-refractivity contribution in [1.29, 1.82) is 0 Å². The number of rotatable bonds is 7. The van der Waals surface area contributed by atoms with Crippen molar-refractivity contribution in [3.8, 4) is 11.5 Å². The summed E-state index contributed by atoms with van der Waals surface area (Å²) in [5, 5.41) is 0. The van der Waals surface area contributed by atoms with Gasteiger partial charge in [-0.15, -0.1) is 0 Å². The molecular weight excluding hydrogens is 400 g/mol. The minimum atomic E-state index is -0.527. The number of hydrogen-bond acceptors (Lipinski definition) is 5. The molecule has 0 spiro atoms. The van der Waals surface area contributed by atoms with E-state index < -0.39 is 11.9 Å². The second-order valence-corrected chi connectivity index (χ2v) is 7.04. The molecule has 0 fully saturated rings. The van der Waals surface area contributed by atoms with Crippen LogP contribution in [0.4, 0.5) is 0 Å². The van der Waals surface area contributed by atoms with E-state index in [0.717, 1.165) is 10.0 Å². The highest BCUT2D eigenvalue weighted by Gasteiger charge is 2.10. The third kappa shape index (κ3) is 6.19. The number of ether oxygens (including phenoxy) is 3. The number of aryl methyl sites for hydroxylation is 1. The Morgan fingerprint density at radius 3 is 2.31 bits per heavy atom. The van der Waals surface area contributed by atoms with Gasteiger partial charge in [0.25, 0.3) is 0 Å². The number of esters is 2. The van der Waals surface area contributed by atoms with Crippen molar-refractivity contribution in [2.24, 2.45) is 5.92 Å². The summed E-state index contributed by atoms with van der Waals surface area (Å²) in [6, 6.07) is 11.7. The molecule has 0 saturated heterocycles. The Labute approximate surface area is 161 Å². The van der Waals surface area contributed by atoms with Crippen molar-refractivity contribution in [1.82, 2.24) is 0 Å². The van der Waals surface area contributed by atoms with Gasteiger partial charge in [-0.3, -0.25) is 0 Å². The maximum absolute atomic E-state index is 11.9. The van der Waals surface area contributed by atoms with Crippen LogP contribution >= 0.6 is 15.9 Å². The molecule has 0 aliphatic carbocycles. The molecule has 0 aromatic heterocycles. The van der Waals surface area contributed by atoms with Gasteiger partial charge in [-0.05, 0) is 60.9 Å². The fourth-order valence-corrected chi connectivity index (χ4v) is 2.24. The molecule has 6 heteroatoms. The monoisotopic (exact) mass is 420 g/mol. The maximum atomic E-state index is 11.9. The van der Waals surface area contributed by atoms with Gasteiger partial charge in [-0.25, -0.2) is 9.59 Å². The Balaban J connectivity index is 1.85. The van der Waals surface area contributed by atoms with Crippen LogP contribution in [0.3, 0.4) is 0 Å². The SMILES string of the molecule is Cc1cc(OCC(=O)Oc2ccc(C(=O)OCC(C)C)cc2)ccc1Br. The number of halogens is 1. The summed E-state index contributed by atoms with van der Waals surface area (Å²) < 4.78 is 16.7. The molecule has 0 aliphatic rings. The molecule has 2 aromatic carbocycles. The summed E-state index contributed by atoms with van der Waals surface area (Å²) in [5.74, 6) is 0.275. The lowest BCUT2D eigenvalue weighted by molar-refractivity contribution is -0.136. The van der Waals surface area contributed by atoms with Crippen molar-refractivity contribution >= 4 is 27.9 Å². The lowest BCUT2D eigenvalue weighted by Crippen LogP contribution is -2.17. The predicted molar refractivity (Wildman–Crippen MR) is 102 cm³/mol. The van der Waals surface area contributed by atoms with E-state index in [0.29, 0.717) is 23.7 Å². The van der Waals surface area contributed by atoms with Crippen LogP contribution in [-0.2, 0) is 9.53 Å². The van der Waals surface area contributed by atoms with Crippen LogP contribution in [0, 0.1) is 12.8 Å². The second-order valence-electron chi connectivity index (χ2n) is 6.19. The van der Waals surface area contributed by atoms with E-state index in [1.165, 1.54) is 0 Å². The van der Waals surface area contributed by atoms with Gasteiger partial charge >= 0.3 is 11.9 Å². The second kappa shape index (κ2) is 9.38. The number of carbonyl (C=O) groups is 2. The summed E-state index contributed by atoms with van der Waals surface area (Å²) in [5.41, 5.74) is 1.42. The van der Waals surface area contributed by atoms with Gasteiger partial charge in [-0.1, -0.05) is 29.8 Å². The van der Waals surface area contributed by atoms with E-state index in [1.54, 1.807) is 30.3 Å². The molecule has 138 valence electrons. The van der Waals surface area contributed by atoms with Crippen molar-refractivity contribution in [3.63, 3.8) is 0 Å². The minimum absolute atomic E-state index is 0.209. The quantitative estimate of drug-likeness (QED) is 0.485. The Bertz CT molecular complexity index is 768. The molecule has 5 nitrogen and oxygen atoms in total. The van der Waals surface area contributed by atoms with Crippen LogP contribution in [-0.4, -0.2) is 25.2 Å². The molecule has 0 heterocycles. The first-order valence-corrected chi connectivity index (χ1v) is 9.01.